The summed E-state index contributed by atoms with van der Waals surface area (Å²) in [5.74, 6) is 0. The lowest BCUT2D eigenvalue weighted by atomic mass is 9.74. The van der Waals surface area contributed by atoms with Crippen molar-refractivity contribution in [2.24, 2.45) is 0 Å². The molecule has 2 aromatic carbocycles. The third kappa shape index (κ3) is 4.56. The van der Waals surface area contributed by atoms with Gasteiger partial charge in [0, 0.05) is 35.6 Å². The summed E-state index contributed by atoms with van der Waals surface area (Å²) in [6, 6.07) is 15.3. The number of anilines is 1. The zero-order chi connectivity index (χ0) is 22.9. The second-order valence-corrected chi connectivity index (χ2v) is 9.92. The van der Waals surface area contributed by atoms with Gasteiger partial charge in [0.05, 0.1) is 5.69 Å². The molecule has 0 atom stereocenters. The number of fused-ring (bicyclic) bond motifs is 2. The van der Waals surface area contributed by atoms with Crippen molar-refractivity contribution in [3.05, 3.63) is 64.7 Å². The summed E-state index contributed by atoms with van der Waals surface area (Å²) in [5.41, 5.74) is 1.84. The van der Waals surface area contributed by atoms with Gasteiger partial charge in [-0.1, -0.05) is 48.0 Å². The molecule has 0 unspecified atom stereocenters. The first kappa shape index (κ1) is 22.5. The molecule has 7 heteroatoms. The van der Waals surface area contributed by atoms with Crippen molar-refractivity contribution >= 4 is 29.5 Å². The zero-order valence-corrected chi connectivity index (χ0v) is 19.5. The van der Waals surface area contributed by atoms with Gasteiger partial charge in [0.1, 0.15) is 12.2 Å². The van der Waals surface area contributed by atoms with Crippen LogP contribution in [0.4, 0.5) is 15.3 Å². The minimum atomic E-state index is -0.586. The van der Waals surface area contributed by atoms with E-state index < -0.39 is 5.60 Å². The second kappa shape index (κ2) is 8.66. The van der Waals surface area contributed by atoms with E-state index in [-0.39, 0.29) is 24.2 Å². The van der Waals surface area contributed by atoms with Crippen LogP contribution in [-0.4, -0.2) is 42.3 Å². The number of carbonyl (C=O) groups excluding carboxylic acids is 2. The number of amides is 2. The quantitative estimate of drug-likeness (QED) is 0.576. The third-order valence-electron chi connectivity index (χ3n) is 6.07. The Morgan fingerprint density at radius 2 is 1.69 bits per heavy atom. The molecule has 0 N–H and O–H groups in total. The molecule has 2 amide bonds. The molecule has 0 aliphatic carbocycles. The Bertz CT molecular complexity index is 995. The van der Waals surface area contributed by atoms with E-state index in [1.807, 2.05) is 69.3 Å². The predicted molar refractivity (Wildman–Crippen MR) is 124 cm³/mol. The predicted octanol–water partition coefficient (Wildman–Crippen LogP) is 5.77. The van der Waals surface area contributed by atoms with Crippen molar-refractivity contribution < 1.29 is 19.1 Å². The van der Waals surface area contributed by atoms with Gasteiger partial charge >= 0.3 is 12.2 Å². The van der Waals surface area contributed by atoms with E-state index in [1.165, 1.54) is 0 Å². The Kier molecular flexibility index (Phi) is 6.08. The number of piperidine rings is 1. The van der Waals surface area contributed by atoms with Crippen LogP contribution in [0.15, 0.2) is 48.5 Å². The van der Waals surface area contributed by atoms with Gasteiger partial charge in [-0.3, -0.25) is 4.90 Å². The minimum Gasteiger partial charge on any atom is -0.445 e. The fourth-order valence-corrected chi connectivity index (χ4v) is 4.92. The van der Waals surface area contributed by atoms with Crippen LogP contribution in [0.25, 0.3) is 0 Å². The first-order valence-electron chi connectivity index (χ1n) is 10.9. The van der Waals surface area contributed by atoms with Gasteiger partial charge < -0.3 is 14.4 Å². The average molecular weight is 457 g/mol. The lowest BCUT2D eigenvalue weighted by Gasteiger charge is -2.39. The molecule has 170 valence electrons. The number of halogens is 1. The Hall–Kier alpha value is -2.73. The van der Waals surface area contributed by atoms with Crippen LogP contribution < -0.4 is 4.90 Å². The Balaban J connectivity index is 1.47. The number of rotatable bonds is 2. The Morgan fingerprint density at radius 3 is 2.34 bits per heavy atom. The van der Waals surface area contributed by atoms with Gasteiger partial charge in [0.15, 0.2) is 0 Å². The fraction of sp³-hybridized carbons (Fsp3) is 0.440. The third-order valence-corrected chi connectivity index (χ3v) is 6.39. The first-order valence-corrected chi connectivity index (χ1v) is 11.3. The van der Waals surface area contributed by atoms with E-state index in [0.29, 0.717) is 37.5 Å². The molecule has 6 nitrogen and oxygen atoms in total. The van der Waals surface area contributed by atoms with Crippen LogP contribution in [-0.2, 0) is 21.5 Å². The van der Waals surface area contributed by atoms with Crippen molar-refractivity contribution in [2.75, 3.05) is 24.5 Å². The highest BCUT2D eigenvalue weighted by atomic mass is 35.5. The number of hydrogen-bond acceptors (Lipinski definition) is 4. The number of benzene rings is 2. The number of nitrogens with zero attached hydrogens (tertiary/aromatic N) is 2. The van der Waals surface area contributed by atoms with Crippen LogP contribution in [0.1, 0.15) is 44.7 Å². The summed E-state index contributed by atoms with van der Waals surface area (Å²) >= 11 is 6.63. The summed E-state index contributed by atoms with van der Waals surface area (Å²) < 4.78 is 11.1. The van der Waals surface area contributed by atoms with Gasteiger partial charge in [0.25, 0.3) is 0 Å². The Morgan fingerprint density at radius 1 is 1.00 bits per heavy atom. The molecule has 1 saturated heterocycles. The summed E-state index contributed by atoms with van der Waals surface area (Å²) in [6.07, 6.45) is 0.708. The molecule has 1 fully saturated rings. The van der Waals surface area contributed by atoms with Crippen molar-refractivity contribution in [1.29, 1.82) is 0 Å². The molecular formula is C25H29ClN2O4. The molecule has 2 aliphatic rings. The number of hydrogen-bond donors (Lipinski definition) is 0. The van der Waals surface area contributed by atoms with Crippen LogP contribution in [0.5, 0.6) is 0 Å². The highest BCUT2D eigenvalue weighted by Crippen LogP contribution is 2.50. The van der Waals surface area contributed by atoms with E-state index in [0.717, 1.165) is 16.8 Å². The monoisotopic (exact) mass is 456 g/mol. The Labute approximate surface area is 194 Å². The number of carbonyl (C=O) groups is 2. The molecule has 0 saturated carbocycles. The van der Waals surface area contributed by atoms with Crippen LogP contribution in [0.2, 0.25) is 5.02 Å². The van der Waals surface area contributed by atoms with Gasteiger partial charge in [-0.15, -0.1) is 0 Å². The molecule has 0 aromatic heterocycles. The molecule has 0 radical (unpaired) electrons. The molecule has 2 aliphatic heterocycles. The molecule has 32 heavy (non-hydrogen) atoms. The van der Waals surface area contributed by atoms with E-state index >= 15 is 0 Å². The summed E-state index contributed by atoms with van der Waals surface area (Å²) in [5, 5.41) is 0.647. The maximum Gasteiger partial charge on any atom is 0.414 e. The second-order valence-electron chi connectivity index (χ2n) is 9.51. The summed E-state index contributed by atoms with van der Waals surface area (Å²) in [4.78, 5) is 29.0. The van der Waals surface area contributed by atoms with Gasteiger partial charge in [0.2, 0.25) is 0 Å². The number of ether oxygens (including phenoxy) is 2. The summed E-state index contributed by atoms with van der Waals surface area (Å²) in [7, 11) is 0. The van der Waals surface area contributed by atoms with Crippen LogP contribution in [0, 0.1) is 0 Å². The van der Waals surface area contributed by atoms with E-state index in [9.17, 15) is 9.59 Å². The lowest BCUT2D eigenvalue weighted by Crippen LogP contribution is -2.48. The zero-order valence-electron chi connectivity index (χ0n) is 18.8. The van der Waals surface area contributed by atoms with Crippen molar-refractivity contribution in [1.82, 2.24) is 4.90 Å². The topological polar surface area (TPSA) is 59.1 Å². The van der Waals surface area contributed by atoms with Gasteiger partial charge in [-0.05, 0) is 51.3 Å². The smallest absolute Gasteiger partial charge is 0.414 e. The molecule has 0 bridgehead atoms. The first-order chi connectivity index (χ1) is 15.2. The fourth-order valence-electron chi connectivity index (χ4n) is 4.55. The van der Waals surface area contributed by atoms with Crippen molar-refractivity contribution in [3.8, 4) is 0 Å². The van der Waals surface area contributed by atoms with E-state index in [4.69, 9.17) is 21.1 Å². The highest BCUT2D eigenvalue weighted by Gasteiger charge is 2.49. The SMILES string of the molecule is CC(C)(C)OC(=O)N1CC2(CCN(C(=O)OCc3ccccc3)CC2)c2c(Cl)cccc21. The highest BCUT2D eigenvalue weighted by molar-refractivity contribution is 6.32. The van der Waals surface area contributed by atoms with Crippen molar-refractivity contribution in [2.45, 2.75) is 51.2 Å². The maximum atomic E-state index is 12.9. The molecular weight excluding hydrogens is 428 g/mol. The largest absolute Gasteiger partial charge is 0.445 e. The van der Waals surface area contributed by atoms with Crippen LogP contribution in [0.3, 0.4) is 0 Å². The van der Waals surface area contributed by atoms with Crippen LogP contribution >= 0.6 is 11.6 Å². The molecule has 2 heterocycles. The van der Waals surface area contributed by atoms with E-state index in [2.05, 4.69) is 0 Å². The summed E-state index contributed by atoms with van der Waals surface area (Å²) in [6.45, 7) is 7.40. The standard InChI is InChI=1S/C25H29ClN2O4/c1-24(2,3)32-23(30)28-17-25(21-19(26)10-7-11-20(21)28)12-14-27(15-13-25)22(29)31-16-18-8-5-4-6-9-18/h4-11H,12-17H2,1-3H3. The van der Waals surface area contributed by atoms with Gasteiger partial charge in [-0.2, -0.15) is 0 Å². The van der Waals surface area contributed by atoms with E-state index in [1.54, 1.807) is 9.80 Å². The van der Waals surface area contributed by atoms with Gasteiger partial charge in [-0.25, -0.2) is 9.59 Å². The normalized spacial score (nSPS) is 17.2. The molecule has 2 aromatic rings. The maximum absolute atomic E-state index is 12.9. The lowest BCUT2D eigenvalue weighted by molar-refractivity contribution is 0.0561. The van der Waals surface area contributed by atoms with Crippen molar-refractivity contribution in [3.63, 3.8) is 0 Å². The minimum absolute atomic E-state index is 0.252. The average Bonchev–Trinajstić information content (AvgIpc) is 3.07. The molecule has 4 rings (SSSR count). The number of likely N-dealkylation sites (tertiary alicyclic amines) is 1. The molecule has 1 spiro atoms.